The van der Waals surface area contributed by atoms with E-state index in [0.717, 1.165) is 6.04 Å². The molecule has 1 unspecified atom stereocenters. The van der Waals surface area contributed by atoms with Crippen molar-refractivity contribution in [2.24, 2.45) is 0 Å². The average Bonchev–Trinajstić information content (AvgIpc) is 2.69. The molecule has 0 aliphatic carbocycles. The minimum Gasteiger partial charge on any atom is -0.365 e. The minimum absolute atomic E-state index is 0.766. The van der Waals surface area contributed by atoms with Crippen molar-refractivity contribution in [1.29, 1.82) is 0 Å². The zero-order chi connectivity index (χ0) is 6.97. The fraction of sp³-hybridized carbons (Fsp3) is 0.333. The predicted molar refractivity (Wildman–Crippen MR) is 43.3 cm³/mol. The van der Waals surface area contributed by atoms with E-state index in [4.69, 9.17) is 0 Å². The lowest BCUT2D eigenvalue weighted by Crippen LogP contribution is -1.93. The van der Waals surface area contributed by atoms with Crippen molar-refractivity contribution in [3.8, 4) is 0 Å². The van der Waals surface area contributed by atoms with E-state index in [-0.39, 0.29) is 0 Å². The van der Waals surface area contributed by atoms with Crippen LogP contribution in [0.15, 0.2) is 30.3 Å². The highest BCUT2D eigenvalue weighted by Crippen LogP contribution is 2.25. The Balaban J connectivity index is 2.20. The van der Waals surface area contributed by atoms with E-state index in [1.807, 2.05) is 0 Å². The summed E-state index contributed by atoms with van der Waals surface area (Å²) in [5, 5.41) is 0. The second-order valence-electron chi connectivity index (χ2n) is 2.84. The van der Waals surface area contributed by atoms with Gasteiger partial charge in [-0.25, -0.2) is 0 Å². The van der Waals surface area contributed by atoms with Crippen molar-refractivity contribution >= 4 is 5.69 Å². The summed E-state index contributed by atoms with van der Waals surface area (Å²) in [6.07, 6.45) is 0. The molecule has 0 amide bonds. The lowest BCUT2D eigenvalue weighted by atomic mass is 10.3. The maximum absolute atomic E-state index is 2.38. The summed E-state index contributed by atoms with van der Waals surface area (Å²) < 4.78 is 0. The van der Waals surface area contributed by atoms with Crippen molar-refractivity contribution in [3.05, 3.63) is 30.3 Å². The van der Waals surface area contributed by atoms with Gasteiger partial charge in [-0.2, -0.15) is 0 Å². The minimum atomic E-state index is 0.766. The van der Waals surface area contributed by atoms with Crippen molar-refractivity contribution in [2.75, 3.05) is 11.4 Å². The number of anilines is 1. The second kappa shape index (κ2) is 2.01. The average molecular weight is 133 g/mol. The van der Waals surface area contributed by atoms with Crippen LogP contribution in [0.3, 0.4) is 0 Å². The summed E-state index contributed by atoms with van der Waals surface area (Å²) in [7, 11) is 0. The van der Waals surface area contributed by atoms with Crippen molar-refractivity contribution in [1.82, 2.24) is 0 Å². The van der Waals surface area contributed by atoms with Gasteiger partial charge in [-0.3, -0.25) is 0 Å². The molecule has 0 radical (unpaired) electrons. The summed E-state index contributed by atoms with van der Waals surface area (Å²) >= 11 is 0. The number of benzene rings is 1. The molecule has 1 saturated heterocycles. The Morgan fingerprint density at radius 3 is 2.40 bits per heavy atom. The molecule has 0 aromatic heterocycles. The smallest absolute Gasteiger partial charge is 0.0438 e. The summed E-state index contributed by atoms with van der Waals surface area (Å²) in [5.74, 6) is 0. The van der Waals surface area contributed by atoms with Crippen LogP contribution in [0.2, 0.25) is 0 Å². The number of rotatable bonds is 1. The third-order valence-corrected chi connectivity index (χ3v) is 1.95. The van der Waals surface area contributed by atoms with E-state index in [9.17, 15) is 0 Å². The quantitative estimate of drug-likeness (QED) is 0.529. The number of para-hydroxylation sites is 1. The first kappa shape index (κ1) is 5.78. The monoisotopic (exact) mass is 133 g/mol. The summed E-state index contributed by atoms with van der Waals surface area (Å²) in [6.45, 7) is 3.47. The van der Waals surface area contributed by atoms with Crippen LogP contribution in [0.5, 0.6) is 0 Å². The van der Waals surface area contributed by atoms with Gasteiger partial charge in [-0.1, -0.05) is 18.2 Å². The molecule has 1 aromatic rings. The van der Waals surface area contributed by atoms with Crippen LogP contribution in [-0.4, -0.2) is 12.6 Å². The molecule has 1 nitrogen and oxygen atoms in total. The molecule has 1 aliphatic heterocycles. The van der Waals surface area contributed by atoms with Gasteiger partial charge in [0.1, 0.15) is 0 Å². The molecule has 2 rings (SSSR count). The van der Waals surface area contributed by atoms with Gasteiger partial charge in [0.15, 0.2) is 0 Å². The first-order valence-electron chi connectivity index (χ1n) is 3.69. The molecular formula is C9H11N. The van der Waals surface area contributed by atoms with Crippen LogP contribution in [0.4, 0.5) is 5.69 Å². The van der Waals surface area contributed by atoms with E-state index in [2.05, 4.69) is 42.2 Å². The van der Waals surface area contributed by atoms with Gasteiger partial charge in [0.05, 0.1) is 0 Å². The highest BCUT2D eigenvalue weighted by molar-refractivity contribution is 5.52. The topological polar surface area (TPSA) is 3.01 Å². The molecule has 1 heteroatoms. The highest BCUT2D eigenvalue weighted by atomic mass is 15.3. The molecule has 0 bridgehead atoms. The van der Waals surface area contributed by atoms with Crippen LogP contribution in [0, 0.1) is 0 Å². The Hall–Kier alpha value is -0.980. The Morgan fingerprint density at radius 1 is 1.30 bits per heavy atom. The summed E-state index contributed by atoms with van der Waals surface area (Å²) in [4.78, 5) is 2.38. The van der Waals surface area contributed by atoms with E-state index in [1.54, 1.807) is 0 Å². The Kier molecular flexibility index (Phi) is 1.16. The van der Waals surface area contributed by atoms with Crippen LogP contribution >= 0.6 is 0 Å². The molecule has 52 valence electrons. The first-order valence-corrected chi connectivity index (χ1v) is 3.69. The van der Waals surface area contributed by atoms with E-state index >= 15 is 0 Å². The van der Waals surface area contributed by atoms with Gasteiger partial charge in [0, 0.05) is 18.3 Å². The lowest BCUT2D eigenvalue weighted by molar-refractivity contribution is 1.14. The van der Waals surface area contributed by atoms with Crippen LogP contribution in [-0.2, 0) is 0 Å². The molecule has 0 N–H and O–H groups in total. The molecule has 1 heterocycles. The maximum Gasteiger partial charge on any atom is 0.0438 e. The lowest BCUT2D eigenvalue weighted by Gasteiger charge is -2.00. The predicted octanol–water partition coefficient (Wildman–Crippen LogP) is 1.90. The highest BCUT2D eigenvalue weighted by Gasteiger charge is 2.28. The molecule has 1 aliphatic rings. The zero-order valence-corrected chi connectivity index (χ0v) is 6.12. The fourth-order valence-corrected chi connectivity index (χ4v) is 1.22. The Morgan fingerprint density at radius 2 is 1.90 bits per heavy atom. The van der Waals surface area contributed by atoms with Gasteiger partial charge in [0.2, 0.25) is 0 Å². The van der Waals surface area contributed by atoms with Crippen molar-refractivity contribution < 1.29 is 0 Å². The largest absolute Gasteiger partial charge is 0.365 e. The molecule has 1 fully saturated rings. The van der Waals surface area contributed by atoms with Gasteiger partial charge in [-0.05, 0) is 19.1 Å². The molecule has 1 atom stereocenters. The number of nitrogens with zero attached hydrogens (tertiary/aromatic N) is 1. The van der Waals surface area contributed by atoms with Gasteiger partial charge in [-0.15, -0.1) is 0 Å². The normalized spacial score (nSPS) is 22.9. The Labute approximate surface area is 61.3 Å². The third kappa shape index (κ3) is 0.878. The van der Waals surface area contributed by atoms with Crippen molar-refractivity contribution in [3.63, 3.8) is 0 Å². The van der Waals surface area contributed by atoms with Crippen LogP contribution < -0.4 is 4.90 Å². The molecule has 0 spiro atoms. The fourth-order valence-electron chi connectivity index (χ4n) is 1.22. The number of hydrogen-bond acceptors (Lipinski definition) is 1. The van der Waals surface area contributed by atoms with Crippen LogP contribution in [0.1, 0.15) is 6.92 Å². The molecule has 1 aromatic carbocycles. The van der Waals surface area contributed by atoms with Gasteiger partial charge < -0.3 is 4.90 Å². The summed E-state index contributed by atoms with van der Waals surface area (Å²) in [5.41, 5.74) is 1.36. The van der Waals surface area contributed by atoms with E-state index in [1.165, 1.54) is 12.2 Å². The van der Waals surface area contributed by atoms with Gasteiger partial charge in [0.25, 0.3) is 0 Å². The Bertz CT molecular complexity index is 217. The third-order valence-electron chi connectivity index (χ3n) is 1.95. The van der Waals surface area contributed by atoms with E-state index < -0.39 is 0 Å². The maximum atomic E-state index is 2.38. The SMILES string of the molecule is CC1CN1c1ccccc1. The van der Waals surface area contributed by atoms with Gasteiger partial charge >= 0.3 is 0 Å². The molecule has 0 saturated carbocycles. The summed E-state index contributed by atoms with van der Waals surface area (Å²) in [6, 6.07) is 11.3. The second-order valence-corrected chi connectivity index (χ2v) is 2.84. The number of hydrogen-bond donors (Lipinski definition) is 0. The molecular weight excluding hydrogens is 122 g/mol. The standard InChI is InChI=1S/C9H11N/c1-8-7-10(8)9-5-3-2-4-6-9/h2-6,8H,7H2,1H3. The molecule has 10 heavy (non-hydrogen) atoms. The van der Waals surface area contributed by atoms with Crippen molar-refractivity contribution in [2.45, 2.75) is 13.0 Å². The first-order chi connectivity index (χ1) is 4.88. The van der Waals surface area contributed by atoms with E-state index in [0.29, 0.717) is 0 Å². The van der Waals surface area contributed by atoms with Crippen LogP contribution in [0.25, 0.3) is 0 Å². The zero-order valence-electron chi connectivity index (χ0n) is 6.12.